The van der Waals surface area contributed by atoms with Gasteiger partial charge in [0.2, 0.25) is 0 Å². The third-order valence-electron chi connectivity index (χ3n) is 5.94. The zero-order valence-electron chi connectivity index (χ0n) is 21.4. The minimum Gasteiger partial charge on any atom is -0.481 e. The monoisotopic (exact) mass is 486 g/mol. The van der Waals surface area contributed by atoms with Crippen molar-refractivity contribution in [1.82, 2.24) is 0 Å². The molecule has 2 unspecified atom stereocenters. The van der Waals surface area contributed by atoms with Gasteiger partial charge in [-0.25, -0.2) is 4.79 Å². The van der Waals surface area contributed by atoms with E-state index in [1.807, 2.05) is 0 Å². The summed E-state index contributed by atoms with van der Waals surface area (Å²) < 4.78 is 5.28. The van der Waals surface area contributed by atoms with Crippen LogP contribution >= 0.6 is 0 Å². The van der Waals surface area contributed by atoms with Crippen molar-refractivity contribution < 1.29 is 39.2 Å². The van der Waals surface area contributed by atoms with Gasteiger partial charge in [0.1, 0.15) is 0 Å². The van der Waals surface area contributed by atoms with Crippen LogP contribution < -0.4 is 0 Å². The first kappa shape index (κ1) is 32.0. The van der Waals surface area contributed by atoms with Crippen molar-refractivity contribution in [2.24, 2.45) is 5.92 Å². The van der Waals surface area contributed by atoms with Crippen LogP contribution in [0, 0.1) is 5.92 Å². The summed E-state index contributed by atoms with van der Waals surface area (Å²) in [4.78, 5) is 47.3. The van der Waals surface area contributed by atoms with Gasteiger partial charge in [0.05, 0.1) is 12.8 Å². The lowest BCUT2D eigenvalue weighted by molar-refractivity contribution is -0.174. The fraction of sp³-hybridized carbons (Fsp3) is 0.846. The van der Waals surface area contributed by atoms with Crippen LogP contribution in [-0.2, 0) is 23.9 Å². The molecule has 0 bridgehead atoms. The fourth-order valence-corrected chi connectivity index (χ4v) is 3.84. The number of carbonyl (C=O) groups is 4. The van der Waals surface area contributed by atoms with Crippen LogP contribution in [0.15, 0.2) is 0 Å². The highest BCUT2D eigenvalue weighted by Gasteiger charge is 2.42. The molecule has 0 saturated heterocycles. The number of carbonyl (C=O) groups excluding carboxylic acids is 2. The van der Waals surface area contributed by atoms with Crippen LogP contribution in [0.3, 0.4) is 0 Å². The molecule has 8 nitrogen and oxygen atoms in total. The fourth-order valence-electron chi connectivity index (χ4n) is 3.84. The molecule has 0 aliphatic heterocycles. The second-order valence-corrected chi connectivity index (χ2v) is 9.79. The Balaban J connectivity index is 4.79. The van der Waals surface area contributed by atoms with Gasteiger partial charge >= 0.3 is 17.9 Å². The maximum absolute atomic E-state index is 12.7. The molecule has 34 heavy (non-hydrogen) atoms. The number of Topliss-reactive ketones (excluding diaryl/α,β-unsaturated/α-hetero) is 1. The summed E-state index contributed by atoms with van der Waals surface area (Å²) in [6.07, 6.45) is 9.63. The number of rotatable bonds is 22. The van der Waals surface area contributed by atoms with Crippen LogP contribution in [0.4, 0.5) is 0 Å². The Morgan fingerprint density at radius 1 is 0.765 bits per heavy atom. The lowest BCUT2D eigenvalue weighted by atomic mass is 9.95. The van der Waals surface area contributed by atoms with Gasteiger partial charge in [-0.05, 0) is 25.2 Å². The van der Waals surface area contributed by atoms with Crippen LogP contribution in [0.2, 0.25) is 0 Å². The maximum atomic E-state index is 12.7. The summed E-state index contributed by atoms with van der Waals surface area (Å²) in [6.45, 7) is 6.52. The van der Waals surface area contributed by atoms with E-state index in [9.17, 15) is 24.3 Å². The molecule has 2 atom stereocenters. The van der Waals surface area contributed by atoms with E-state index in [2.05, 4.69) is 20.8 Å². The molecule has 0 spiro atoms. The minimum absolute atomic E-state index is 0.209. The molecule has 0 amide bonds. The quantitative estimate of drug-likeness (QED) is 0.139. The second-order valence-electron chi connectivity index (χ2n) is 9.79. The molecule has 3 N–H and O–H groups in total. The molecule has 198 valence electrons. The first-order valence-corrected chi connectivity index (χ1v) is 12.9. The predicted octanol–water partition coefficient (Wildman–Crippen LogP) is 5.29. The van der Waals surface area contributed by atoms with E-state index >= 15 is 0 Å². The predicted molar refractivity (Wildman–Crippen MR) is 129 cm³/mol. The zero-order valence-corrected chi connectivity index (χ0v) is 21.4. The van der Waals surface area contributed by atoms with E-state index in [1.165, 1.54) is 19.3 Å². The number of carboxylic acids is 2. The lowest BCUT2D eigenvalue weighted by Crippen LogP contribution is -2.44. The summed E-state index contributed by atoms with van der Waals surface area (Å²) >= 11 is 0. The molecule has 8 heteroatoms. The van der Waals surface area contributed by atoms with E-state index in [-0.39, 0.29) is 12.2 Å². The molecule has 0 heterocycles. The van der Waals surface area contributed by atoms with Crippen molar-refractivity contribution in [3.63, 3.8) is 0 Å². The van der Waals surface area contributed by atoms with Gasteiger partial charge in [-0.1, -0.05) is 85.0 Å². The number of hydrogen-bond donors (Lipinski definition) is 3. The number of unbranched alkanes of at least 4 members (excludes halogenated alkanes) is 9. The number of aliphatic carboxylic acids is 2. The third-order valence-corrected chi connectivity index (χ3v) is 5.94. The van der Waals surface area contributed by atoms with Crippen molar-refractivity contribution in [2.45, 2.75) is 135 Å². The SMILES string of the molecule is CCCCCCCC(=O)C(CCCCCCCCC(C)C)OC(=O)CC(O)(CC(=O)O)C(=O)O. The van der Waals surface area contributed by atoms with Crippen molar-refractivity contribution in [3.05, 3.63) is 0 Å². The molecule has 0 radical (unpaired) electrons. The van der Waals surface area contributed by atoms with Crippen molar-refractivity contribution in [1.29, 1.82) is 0 Å². The molecule has 0 fully saturated rings. The molecule has 0 aliphatic rings. The molecule has 0 aromatic rings. The topological polar surface area (TPSA) is 138 Å². The van der Waals surface area contributed by atoms with E-state index in [4.69, 9.17) is 14.9 Å². The van der Waals surface area contributed by atoms with Crippen LogP contribution in [0.5, 0.6) is 0 Å². The number of ether oxygens (including phenoxy) is 1. The summed E-state index contributed by atoms with van der Waals surface area (Å²) in [6, 6.07) is 0. The van der Waals surface area contributed by atoms with Crippen LogP contribution in [-0.4, -0.2) is 50.7 Å². The molecule has 0 aliphatic carbocycles. The summed E-state index contributed by atoms with van der Waals surface area (Å²) in [5.74, 6) is -3.95. The summed E-state index contributed by atoms with van der Waals surface area (Å²) in [7, 11) is 0. The molecule has 0 saturated carbocycles. The van der Waals surface area contributed by atoms with Gasteiger partial charge < -0.3 is 20.1 Å². The first-order chi connectivity index (χ1) is 16.0. The van der Waals surface area contributed by atoms with Gasteiger partial charge in [0.15, 0.2) is 17.5 Å². The highest BCUT2D eigenvalue weighted by molar-refractivity contribution is 5.90. The van der Waals surface area contributed by atoms with Gasteiger partial charge in [-0.3, -0.25) is 14.4 Å². The van der Waals surface area contributed by atoms with E-state index < -0.39 is 42.5 Å². The molecule has 0 rings (SSSR count). The number of esters is 1. The minimum atomic E-state index is -2.77. The maximum Gasteiger partial charge on any atom is 0.336 e. The Labute approximate surface area is 204 Å². The van der Waals surface area contributed by atoms with Crippen molar-refractivity contribution >= 4 is 23.7 Å². The van der Waals surface area contributed by atoms with Gasteiger partial charge in [0.25, 0.3) is 0 Å². The lowest BCUT2D eigenvalue weighted by Gasteiger charge is -2.22. The Hall–Kier alpha value is -1.96. The number of aliphatic hydroxyl groups is 1. The average molecular weight is 487 g/mol. The smallest absolute Gasteiger partial charge is 0.336 e. The van der Waals surface area contributed by atoms with E-state index in [0.717, 1.165) is 44.9 Å². The average Bonchev–Trinajstić information content (AvgIpc) is 2.73. The number of ketones is 1. The molecule has 0 aromatic heterocycles. The third kappa shape index (κ3) is 15.8. The molecular formula is C26H46O8. The Morgan fingerprint density at radius 2 is 1.29 bits per heavy atom. The van der Waals surface area contributed by atoms with Gasteiger partial charge in [-0.2, -0.15) is 0 Å². The normalized spacial score (nSPS) is 13.9. The zero-order chi connectivity index (χ0) is 26.0. The van der Waals surface area contributed by atoms with Crippen molar-refractivity contribution in [3.8, 4) is 0 Å². The molecule has 0 aromatic carbocycles. The van der Waals surface area contributed by atoms with Crippen LogP contribution in [0.25, 0.3) is 0 Å². The highest BCUT2D eigenvalue weighted by atomic mass is 16.5. The Bertz CT molecular complexity index is 616. The summed E-state index contributed by atoms with van der Waals surface area (Å²) in [5, 5.41) is 28.1. The largest absolute Gasteiger partial charge is 0.481 e. The second kappa shape index (κ2) is 18.4. The Kier molecular flexibility index (Phi) is 17.3. The van der Waals surface area contributed by atoms with Gasteiger partial charge in [0, 0.05) is 6.42 Å². The van der Waals surface area contributed by atoms with Crippen LogP contribution in [0.1, 0.15) is 124 Å². The van der Waals surface area contributed by atoms with E-state index in [1.54, 1.807) is 0 Å². The molecular weight excluding hydrogens is 440 g/mol. The number of hydrogen-bond acceptors (Lipinski definition) is 6. The summed E-state index contributed by atoms with van der Waals surface area (Å²) in [5.41, 5.74) is -2.77. The number of carboxylic acid groups (broad SMARTS) is 2. The van der Waals surface area contributed by atoms with E-state index in [0.29, 0.717) is 25.2 Å². The van der Waals surface area contributed by atoms with Gasteiger partial charge in [-0.15, -0.1) is 0 Å². The Morgan fingerprint density at radius 3 is 1.82 bits per heavy atom. The highest BCUT2D eigenvalue weighted by Crippen LogP contribution is 2.20. The standard InChI is InChI=1S/C26H46O8/c1-4-5-6-9-13-16-21(27)22(17-14-11-8-7-10-12-15-20(2)3)34-24(30)19-26(33,25(31)32)18-23(28)29/h20,22,33H,4-19H2,1-3H3,(H,28,29)(H,31,32). The first-order valence-electron chi connectivity index (χ1n) is 12.9. The van der Waals surface area contributed by atoms with Crippen molar-refractivity contribution in [2.75, 3.05) is 0 Å².